The van der Waals surface area contributed by atoms with Gasteiger partial charge < -0.3 is 10.1 Å². The highest BCUT2D eigenvalue weighted by Crippen LogP contribution is 2.31. The molecule has 1 atom stereocenters. The first-order valence-electron chi connectivity index (χ1n) is 7.59. The van der Waals surface area contributed by atoms with Gasteiger partial charge in [-0.15, -0.1) is 0 Å². The van der Waals surface area contributed by atoms with E-state index in [1.807, 2.05) is 0 Å². The SMILES string of the molecule is CCNC(CC1CCOCC1)c1c(C)cccc1C. The molecule has 1 N–H and O–H groups in total. The van der Waals surface area contributed by atoms with E-state index in [9.17, 15) is 0 Å². The summed E-state index contributed by atoms with van der Waals surface area (Å²) in [5, 5.41) is 3.69. The summed E-state index contributed by atoms with van der Waals surface area (Å²) in [5.41, 5.74) is 4.34. The van der Waals surface area contributed by atoms with Crippen molar-refractivity contribution < 1.29 is 4.74 Å². The topological polar surface area (TPSA) is 21.3 Å². The summed E-state index contributed by atoms with van der Waals surface area (Å²) < 4.78 is 5.47. The predicted molar refractivity (Wildman–Crippen MR) is 80.5 cm³/mol. The van der Waals surface area contributed by atoms with E-state index in [0.29, 0.717) is 6.04 Å². The van der Waals surface area contributed by atoms with Crippen molar-refractivity contribution in [3.8, 4) is 0 Å². The smallest absolute Gasteiger partial charge is 0.0468 e. The van der Waals surface area contributed by atoms with Crippen molar-refractivity contribution in [3.63, 3.8) is 0 Å². The van der Waals surface area contributed by atoms with E-state index in [1.165, 1.54) is 36.0 Å². The molecule has 1 fully saturated rings. The fourth-order valence-electron chi connectivity index (χ4n) is 3.24. The number of hydrogen-bond donors (Lipinski definition) is 1. The van der Waals surface area contributed by atoms with Gasteiger partial charge in [-0.2, -0.15) is 0 Å². The van der Waals surface area contributed by atoms with Crippen molar-refractivity contribution in [2.24, 2.45) is 5.92 Å². The maximum Gasteiger partial charge on any atom is 0.0468 e. The van der Waals surface area contributed by atoms with Crippen LogP contribution in [0.4, 0.5) is 0 Å². The summed E-state index contributed by atoms with van der Waals surface area (Å²) >= 11 is 0. The highest BCUT2D eigenvalue weighted by Gasteiger charge is 2.22. The molecule has 1 heterocycles. The lowest BCUT2D eigenvalue weighted by atomic mass is 9.86. The number of rotatable bonds is 5. The molecule has 19 heavy (non-hydrogen) atoms. The Morgan fingerprint density at radius 3 is 2.42 bits per heavy atom. The van der Waals surface area contributed by atoms with Gasteiger partial charge in [0.05, 0.1) is 0 Å². The second-order valence-corrected chi connectivity index (χ2v) is 5.71. The number of hydrogen-bond acceptors (Lipinski definition) is 2. The van der Waals surface area contributed by atoms with Gasteiger partial charge in [-0.25, -0.2) is 0 Å². The minimum Gasteiger partial charge on any atom is -0.381 e. The van der Waals surface area contributed by atoms with Gasteiger partial charge in [-0.3, -0.25) is 0 Å². The van der Waals surface area contributed by atoms with Crippen LogP contribution in [0, 0.1) is 19.8 Å². The minimum atomic E-state index is 0.495. The van der Waals surface area contributed by atoms with Crippen LogP contribution in [0.25, 0.3) is 0 Å². The van der Waals surface area contributed by atoms with Crippen molar-refractivity contribution in [1.82, 2.24) is 5.32 Å². The third-order valence-electron chi connectivity index (χ3n) is 4.25. The fraction of sp³-hybridized carbons (Fsp3) is 0.647. The van der Waals surface area contributed by atoms with Crippen molar-refractivity contribution >= 4 is 0 Å². The molecule has 0 saturated carbocycles. The summed E-state index contributed by atoms with van der Waals surface area (Å²) in [7, 11) is 0. The quantitative estimate of drug-likeness (QED) is 0.871. The van der Waals surface area contributed by atoms with E-state index >= 15 is 0 Å². The van der Waals surface area contributed by atoms with Crippen LogP contribution >= 0.6 is 0 Å². The van der Waals surface area contributed by atoms with E-state index in [0.717, 1.165) is 25.7 Å². The van der Waals surface area contributed by atoms with Gasteiger partial charge in [0.2, 0.25) is 0 Å². The molecule has 1 saturated heterocycles. The van der Waals surface area contributed by atoms with Crippen molar-refractivity contribution in [2.75, 3.05) is 19.8 Å². The van der Waals surface area contributed by atoms with E-state index in [2.05, 4.69) is 44.3 Å². The number of benzene rings is 1. The molecule has 1 aliphatic rings. The van der Waals surface area contributed by atoms with Crippen LogP contribution in [0.3, 0.4) is 0 Å². The van der Waals surface area contributed by atoms with Crippen LogP contribution in [0.2, 0.25) is 0 Å². The van der Waals surface area contributed by atoms with Crippen LogP contribution in [-0.4, -0.2) is 19.8 Å². The van der Waals surface area contributed by atoms with Crippen LogP contribution in [0.1, 0.15) is 48.9 Å². The number of ether oxygens (including phenoxy) is 1. The van der Waals surface area contributed by atoms with E-state index < -0.39 is 0 Å². The van der Waals surface area contributed by atoms with Crippen LogP contribution in [-0.2, 0) is 4.74 Å². The van der Waals surface area contributed by atoms with Crippen molar-refractivity contribution in [3.05, 3.63) is 34.9 Å². The molecular formula is C17H27NO. The molecule has 2 nitrogen and oxygen atoms in total. The zero-order chi connectivity index (χ0) is 13.7. The first-order chi connectivity index (χ1) is 9.22. The van der Waals surface area contributed by atoms with Gasteiger partial charge >= 0.3 is 0 Å². The normalized spacial score (nSPS) is 18.5. The Morgan fingerprint density at radius 1 is 1.21 bits per heavy atom. The zero-order valence-electron chi connectivity index (χ0n) is 12.5. The summed E-state index contributed by atoms with van der Waals surface area (Å²) in [6.45, 7) is 9.58. The molecule has 2 heteroatoms. The predicted octanol–water partition coefficient (Wildman–Crippen LogP) is 3.77. The molecule has 0 radical (unpaired) electrons. The van der Waals surface area contributed by atoms with Gasteiger partial charge in [0.15, 0.2) is 0 Å². The van der Waals surface area contributed by atoms with E-state index in [1.54, 1.807) is 0 Å². The van der Waals surface area contributed by atoms with E-state index in [4.69, 9.17) is 4.74 Å². The molecule has 0 aromatic heterocycles. The Morgan fingerprint density at radius 2 is 1.84 bits per heavy atom. The lowest BCUT2D eigenvalue weighted by Crippen LogP contribution is -2.27. The molecule has 2 rings (SSSR count). The third-order valence-corrected chi connectivity index (χ3v) is 4.25. The molecule has 1 aromatic carbocycles. The summed E-state index contributed by atoms with van der Waals surface area (Å²) in [6.07, 6.45) is 3.67. The first-order valence-corrected chi connectivity index (χ1v) is 7.59. The molecule has 0 bridgehead atoms. The highest BCUT2D eigenvalue weighted by atomic mass is 16.5. The number of aryl methyl sites for hydroxylation is 2. The van der Waals surface area contributed by atoms with Gasteiger partial charge in [-0.1, -0.05) is 25.1 Å². The highest BCUT2D eigenvalue weighted by molar-refractivity contribution is 5.36. The monoisotopic (exact) mass is 261 g/mol. The fourth-order valence-corrected chi connectivity index (χ4v) is 3.24. The average molecular weight is 261 g/mol. The van der Waals surface area contributed by atoms with Crippen molar-refractivity contribution in [1.29, 1.82) is 0 Å². The van der Waals surface area contributed by atoms with Gasteiger partial charge in [-0.05, 0) is 62.3 Å². The Kier molecular flexibility index (Phi) is 5.41. The summed E-state index contributed by atoms with van der Waals surface area (Å²) in [4.78, 5) is 0. The lowest BCUT2D eigenvalue weighted by Gasteiger charge is -2.29. The zero-order valence-corrected chi connectivity index (χ0v) is 12.5. The third kappa shape index (κ3) is 3.80. The Labute approximate surface area is 117 Å². The van der Waals surface area contributed by atoms with Crippen molar-refractivity contribution in [2.45, 2.75) is 46.1 Å². The van der Waals surface area contributed by atoms with Crippen LogP contribution in [0.15, 0.2) is 18.2 Å². The molecule has 1 aromatic rings. The first kappa shape index (κ1) is 14.5. The van der Waals surface area contributed by atoms with Crippen LogP contribution < -0.4 is 5.32 Å². The molecular weight excluding hydrogens is 234 g/mol. The molecule has 1 aliphatic heterocycles. The van der Waals surface area contributed by atoms with Crippen LogP contribution in [0.5, 0.6) is 0 Å². The van der Waals surface area contributed by atoms with Gasteiger partial charge in [0, 0.05) is 19.3 Å². The second kappa shape index (κ2) is 7.06. The molecule has 1 unspecified atom stereocenters. The van der Waals surface area contributed by atoms with Gasteiger partial charge in [0.25, 0.3) is 0 Å². The second-order valence-electron chi connectivity index (χ2n) is 5.71. The van der Waals surface area contributed by atoms with Gasteiger partial charge in [0.1, 0.15) is 0 Å². The summed E-state index contributed by atoms with van der Waals surface area (Å²) in [5.74, 6) is 0.803. The standard InChI is InChI=1S/C17H27NO/c1-4-18-16(12-15-8-10-19-11-9-15)17-13(2)6-5-7-14(17)3/h5-7,15-16,18H,4,8-12H2,1-3H3. The molecule has 106 valence electrons. The lowest BCUT2D eigenvalue weighted by molar-refractivity contribution is 0.0605. The maximum atomic E-state index is 5.47. The molecule has 0 spiro atoms. The molecule has 0 aliphatic carbocycles. The Balaban J connectivity index is 2.14. The summed E-state index contributed by atoms with van der Waals surface area (Å²) in [6, 6.07) is 7.12. The Hall–Kier alpha value is -0.860. The Bertz CT molecular complexity index is 376. The average Bonchev–Trinajstić information content (AvgIpc) is 2.40. The molecule has 0 amide bonds. The largest absolute Gasteiger partial charge is 0.381 e. The van der Waals surface area contributed by atoms with E-state index in [-0.39, 0.29) is 0 Å². The number of nitrogens with one attached hydrogen (secondary N) is 1. The minimum absolute atomic E-state index is 0.495. The maximum absolute atomic E-state index is 5.47.